The summed E-state index contributed by atoms with van der Waals surface area (Å²) in [6.07, 6.45) is 2.50. The Morgan fingerprint density at radius 2 is 1.95 bits per heavy atom. The fourth-order valence-electron chi connectivity index (χ4n) is 2.11. The van der Waals surface area contributed by atoms with Crippen molar-refractivity contribution in [1.29, 1.82) is 0 Å². The quantitative estimate of drug-likeness (QED) is 0.914. The number of ether oxygens (including phenoxy) is 2. The number of pyridine rings is 1. The van der Waals surface area contributed by atoms with Gasteiger partial charge in [-0.1, -0.05) is 0 Å². The zero-order valence-electron chi connectivity index (χ0n) is 11.9. The van der Waals surface area contributed by atoms with Crippen LogP contribution < -0.4 is 9.47 Å². The lowest BCUT2D eigenvalue weighted by Gasteiger charge is -2.27. The summed E-state index contributed by atoms with van der Waals surface area (Å²) in [6, 6.07) is 4.61. The summed E-state index contributed by atoms with van der Waals surface area (Å²) < 4.78 is 24.5. The summed E-state index contributed by atoms with van der Waals surface area (Å²) in [6.45, 7) is 1.56. The molecule has 0 radical (unpaired) electrons. The highest BCUT2D eigenvalue weighted by Crippen LogP contribution is 2.43. The second-order valence-electron chi connectivity index (χ2n) is 4.63. The van der Waals surface area contributed by atoms with Gasteiger partial charge in [0.2, 0.25) is 0 Å². The van der Waals surface area contributed by atoms with Gasteiger partial charge < -0.3 is 14.6 Å². The molecule has 0 saturated heterocycles. The monoisotopic (exact) mass is 355 g/mol. The van der Waals surface area contributed by atoms with Crippen molar-refractivity contribution in [3.8, 4) is 11.5 Å². The molecule has 1 unspecified atom stereocenters. The van der Waals surface area contributed by atoms with Gasteiger partial charge in [-0.15, -0.1) is 0 Å². The summed E-state index contributed by atoms with van der Waals surface area (Å²) in [5.74, 6) is 0.478. The lowest BCUT2D eigenvalue weighted by atomic mass is 9.88. The molecule has 0 aliphatic rings. The fourth-order valence-corrected chi connectivity index (χ4v) is 2.78. The van der Waals surface area contributed by atoms with Crippen molar-refractivity contribution in [2.45, 2.75) is 12.5 Å². The molecule has 0 spiro atoms. The van der Waals surface area contributed by atoms with Gasteiger partial charge in [0.15, 0.2) is 0 Å². The van der Waals surface area contributed by atoms with Crippen LogP contribution in [0.3, 0.4) is 0 Å². The fraction of sp³-hybridized carbons (Fsp3) is 0.267. The number of rotatable bonds is 4. The van der Waals surface area contributed by atoms with Crippen molar-refractivity contribution in [1.82, 2.24) is 4.98 Å². The molecule has 0 saturated carbocycles. The molecule has 1 aromatic carbocycles. The number of halogens is 2. The van der Waals surface area contributed by atoms with Crippen molar-refractivity contribution >= 4 is 15.9 Å². The highest BCUT2D eigenvalue weighted by Gasteiger charge is 2.31. The highest BCUT2D eigenvalue weighted by molar-refractivity contribution is 9.10. The zero-order valence-corrected chi connectivity index (χ0v) is 13.4. The Balaban J connectivity index is 2.62. The predicted molar refractivity (Wildman–Crippen MR) is 80.1 cm³/mol. The van der Waals surface area contributed by atoms with Crippen LogP contribution in [-0.2, 0) is 5.60 Å². The first-order valence-electron chi connectivity index (χ1n) is 6.16. The van der Waals surface area contributed by atoms with Crippen molar-refractivity contribution in [2.24, 2.45) is 0 Å². The number of aliphatic hydroxyl groups is 1. The third-order valence-corrected chi connectivity index (χ3v) is 4.03. The summed E-state index contributed by atoms with van der Waals surface area (Å²) in [5, 5.41) is 10.8. The third-order valence-electron chi connectivity index (χ3n) is 3.28. The van der Waals surface area contributed by atoms with Crippen molar-refractivity contribution in [3.05, 3.63) is 52.0 Å². The standard InChI is InChI=1S/C15H15BrFNO3/c1-15(19,9-6-10(17)8-18-7-9)11-4-5-12(20-2)13(16)14(11)21-3/h4-8,19H,1-3H3. The third kappa shape index (κ3) is 2.87. The Labute approximate surface area is 130 Å². The van der Waals surface area contributed by atoms with Crippen molar-refractivity contribution in [3.63, 3.8) is 0 Å². The van der Waals surface area contributed by atoms with Crippen LogP contribution in [0, 0.1) is 5.82 Å². The maximum atomic E-state index is 13.4. The van der Waals surface area contributed by atoms with Gasteiger partial charge in [-0.3, -0.25) is 4.98 Å². The van der Waals surface area contributed by atoms with Gasteiger partial charge in [0.1, 0.15) is 27.4 Å². The van der Waals surface area contributed by atoms with Gasteiger partial charge in [-0.05, 0) is 41.1 Å². The predicted octanol–water partition coefficient (Wildman–Crippen LogP) is 3.26. The summed E-state index contributed by atoms with van der Waals surface area (Å²) in [5.41, 5.74) is -0.655. The van der Waals surface area contributed by atoms with E-state index in [4.69, 9.17) is 9.47 Å². The molecular weight excluding hydrogens is 341 g/mol. The van der Waals surface area contributed by atoms with Gasteiger partial charge in [0.25, 0.3) is 0 Å². The summed E-state index contributed by atoms with van der Waals surface area (Å²) in [4.78, 5) is 3.78. The zero-order chi connectivity index (χ0) is 15.6. The molecule has 1 atom stereocenters. The van der Waals surface area contributed by atoms with E-state index in [0.717, 1.165) is 6.20 Å². The molecule has 0 bridgehead atoms. The maximum Gasteiger partial charge on any atom is 0.143 e. The Kier molecular flexibility index (Phi) is 4.49. The minimum absolute atomic E-state index is 0.331. The molecule has 6 heteroatoms. The second-order valence-corrected chi connectivity index (χ2v) is 5.42. The normalized spacial score (nSPS) is 13.6. The van der Waals surface area contributed by atoms with E-state index in [-0.39, 0.29) is 0 Å². The minimum Gasteiger partial charge on any atom is -0.495 e. The molecule has 1 aromatic heterocycles. The van der Waals surface area contributed by atoms with Gasteiger partial charge in [-0.25, -0.2) is 4.39 Å². The van der Waals surface area contributed by atoms with Gasteiger partial charge in [0.05, 0.1) is 20.4 Å². The van der Waals surface area contributed by atoms with Crippen LogP contribution in [0.25, 0.3) is 0 Å². The van der Waals surface area contributed by atoms with Crippen molar-refractivity contribution < 1.29 is 19.0 Å². The molecule has 2 aromatic rings. The average Bonchev–Trinajstić information content (AvgIpc) is 2.46. The topological polar surface area (TPSA) is 51.6 Å². The lowest BCUT2D eigenvalue weighted by molar-refractivity contribution is 0.0979. The van der Waals surface area contributed by atoms with Crippen LogP contribution in [0.4, 0.5) is 4.39 Å². The Hall–Kier alpha value is -1.66. The van der Waals surface area contributed by atoms with Gasteiger partial charge in [-0.2, -0.15) is 0 Å². The van der Waals surface area contributed by atoms with E-state index in [1.807, 2.05) is 0 Å². The lowest BCUT2D eigenvalue weighted by Crippen LogP contribution is -2.24. The molecule has 112 valence electrons. The molecule has 4 nitrogen and oxygen atoms in total. The Bertz CT molecular complexity index is 661. The van der Waals surface area contributed by atoms with E-state index in [1.165, 1.54) is 26.5 Å². The number of methoxy groups -OCH3 is 2. The highest BCUT2D eigenvalue weighted by atomic mass is 79.9. The first-order valence-corrected chi connectivity index (χ1v) is 6.95. The smallest absolute Gasteiger partial charge is 0.143 e. The van der Waals surface area contributed by atoms with E-state index in [0.29, 0.717) is 27.1 Å². The average molecular weight is 356 g/mol. The molecule has 1 heterocycles. The van der Waals surface area contributed by atoms with E-state index < -0.39 is 11.4 Å². The summed E-state index contributed by atoms with van der Waals surface area (Å²) in [7, 11) is 3.02. The number of benzene rings is 1. The van der Waals surface area contributed by atoms with E-state index >= 15 is 0 Å². The molecule has 0 fully saturated rings. The van der Waals surface area contributed by atoms with Crippen LogP contribution in [0.1, 0.15) is 18.1 Å². The molecule has 1 N–H and O–H groups in total. The first-order chi connectivity index (χ1) is 9.91. The SMILES string of the molecule is COc1ccc(C(C)(O)c2cncc(F)c2)c(OC)c1Br. The molecule has 0 amide bonds. The number of nitrogens with zero attached hydrogens (tertiary/aromatic N) is 1. The largest absolute Gasteiger partial charge is 0.495 e. The van der Waals surface area contributed by atoms with Crippen LogP contribution in [0.5, 0.6) is 11.5 Å². The van der Waals surface area contributed by atoms with E-state index in [1.54, 1.807) is 19.1 Å². The molecule has 21 heavy (non-hydrogen) atoms. The number of hydrogen-bond donors (Lipinski definition) is 1. The molecular formula is C15H15BrFNO3. The first kappa shape index (κ1) is 15.7. The van der Waals surface area contributed by atoms with E-state index in [2.05, 4.69) is 20.9 Å². The summed E-state index contributed by atoms with van der Waals surface area (Å²) >= 11 is 3.38. The minimum atomic E-state index is -1.46. The number of aromatic nitrogens is 1. The number of hydrogen-bond acceptors (Lipinski definition) is 4. The van der Waals surface area contributed by atoms with Crippen LogP contribution in [0.15, 0.2) is 35.1 Å². The van der Waals surface area contributed by atoms with Gasteiger partial charge in [0, 0.05) is 17.3 Å². The van der Waals surface area contributed by atoms with Crippen molar-refractivity contribution in [2.75, 3.05) is 14.2 Å². The molecule has 2 rings (SSSR count). The van der Waals surface area contributed by atoms with E-state index in [9.17, 15) is 9.50 Å². The van der Waals surface area contributed by atoms with Crippen LogP contribution >= 0.6 is 15.9 Å². The molecule has 0 aliphatic heterocycles. The molecule has 0 aliphatic carbocycles. The van der Waals surface area contributed by atoms with Gasteiger partial charge >= 0.3 is 0 Å². The second kappa shape index (κ2) is 5.99. The van der Waals surface area contributed by atoms with Crippen LogP contribution in [0.2, 0.25) is 0 Å². The Morgan fingerprint density at radius 1 is 1.24 bits per heavy atom. The van der Waals surface area contributed by atoms with Crippen LogP contribution in [-0.4, -0.2) is 24.3 Å². The maximum absolute atomic E-state index is 13.4. The Morgan fingerprint density at radius 3 is 2.52 bits per heavy atom.